The number of rotatable bonds is 14. The molecule has 15 nitrogen and oxygen atoms in total. The van der Waals surface area contributed by atoms with Crippen molar-refractivity contribution >= 4 is 30.8 Å². The van der Waals surface area contributed by atoms with Crippen LogP contribution in [0, 0.1) is 17.1 Å². The lowest BCUT2D eigenvalue weighted by Crippen LogP contribution is -2.38. The van der Waals surface area contributed by atoms with E-state index < -0.39 is 31.4 Å². The second-order valence-electron chi connectivity index (χ2n) is 11.5. The van der Waals surface area contributed by atoms with Gasteiger partial charge in [0, 0.05) is 68.3 Å². The van der Waals surface area contributed by atoms with E-state index in [9.17, 15) is 14.3 Å². The molecule has 4 heterocycles. The number of urea groups is 1. The number of fused-ring (bicyclic) bond motifs is 1. The molecule has 0 bridgehead atoms. The Bertz CT molecular complexity index is 1620. The quantitative estimate of drug-likeness (QED) is 0.138. The van der Waals surface area contributed by atoms with Gasteiger partial charge in [-0.3, -0.25) is 19.3 Å². The Hall–Kier alpha value is -3.55. The molecule has 0 spiro atoms. The number of hydrogen-bond donors (Lipinski definition) is 4. The average molecular weight is 675 g/mol. The number of amides is 2. The molecule has 2 unspecified atom stereocenters. The number of benzene rings is 1. The van der Waals surface area contributed by atoms with Gasteiger partial charge in [-0.25, -0.2) is 28.7 Å². The predicted molar refractivity (Wildman–Crippen MR) is 169 cm³/mol. The number of nitriles is 1. The molecule has 254 valence electrons. The number of nitrogens with one attached hydrogen (secondary N) is 3. The second-order valence-corrected chi connectivity index (χ2v) is 12.9. The van der Waals surface area contributed by atoms with Crippen LogP contribution in [-0.2, 0) is 28.7 Å². The molecule has 3 atom stereocenters. The molecule has 0 aliphatic carbocycles. The van der Waals surface area contributed by atoms with Gasteiger partial charge in [-0.15, -0.1) is 0 Å². The van der Waals surface area contributed by atoms with Gasteiger partial charge >= 0.3 is 13.9 Å². The number of aromatic amines is 1. The maximum absolute atomic E-state index is 16.3. The number of unbranched alkanes of at least 4 members (excludes halogenated alkanes) is 1. The molecule has 2 amide bonds. The number of nitrogens with zero attached hydrogens (tertiary/aromatic N) is 5. The first-order chi connectivity index (χ1) is 22.6. The minimum absolute atomic E-state index is 0.0369. The van der Waals surface area contributed by atoms with Crippen LogP contribution >= 0.6 is 7.82 Å². The van der Waals surface area contributed by atoms with Crippen molar-refractivity contribution in [2.45, 2.75) is 57.7 Å². The normalized spacial score (nSPS) is 19.6. The van der Waals surface area contributed by atoms with Gasteiger partial charge < -0.3 is 24.7 Å². The number of anilines is 1. The van der Waals surface area contributed by atoms with Crippen LogP contribution in [0.15, 0.2) is 18.5 Å². The fourth-order valence-electron chi connectivity index (χ4n) is 5.67. The Morgan fingerprint density at radius 1 is 1.32 bits per heavy atom. The highest BCUT2D eigenvalue weighted by atomic mass is 31.2. The summed E-state index contributed by atoms with van der Waals surface area (Å²) < 4.78 is 51.5. The fraction of sp³-hybridized carbons (Fsp3) is 0.567. The number of H-pyrrole nitrogens is 1. The van der Waals surface area contributed by atoms with E-state index in [-0.39, 0.29) is 42.3 Å². The molecule has 2 fully saturated rings. The van der Waals surface area contributed by atoms with Gasteiger partial charge in [0.25, 0.3) is 0 Å². The molecule has 3 aromatic rings. The topological polar surface area (TPSA) is 197 Å². The molecule has 2 saturated heterocycles. The van der Waals surface area contributed by atoms with E-state index in [4.69, 9.17) is 23.8 Å². The van der Waals surface area contributed by atoms with Crippen LogP contribution < -0.4 is 10.6 Å². The Kier molecular flexibility index (Phi) is 11.5. The minimum Gasteiger partial charge on any atom is -0.379 e. The van der Waals surface area contributed by atoms with Crippen LogP contribution in [0.1, 0.15) is 63.4 Å². The van der Waals surface area contributed by atoms with Crippen molar-refractivity contribution in [3.8, 4) is 17.2 Å². The zero-order valence-corrected chi connectivity index (χ0v) is 27.4. The van der Waals surface area contributed by atoms with Gasteiger partial charge in [-0.1, -0.05) is 0 Å². The fourth-order valence-corrected chi connectivity index (χ4v) is 6.72. The zero-order valence-electron chi connectivity index (χ0n) is 26.5. The molecular weight excluding hydrogens is 634 g/mol. The lowest BCUT2D eigenvalue weighted by Gasteiger charge is -2.30. The monoisotopic (exact) mass is 674 g/mol. The molecule has 0 radical (unpaired) electrons. The maximum atomic E-state index is 16.3. The van der Waals surface area contributed by atoms with Gasteiger partial charge in [0.2, 0.25) is 5.95 Å². The third kappa shape index (κ3) is 8.68. The summed E-state index contributed by atoms with van der Waals surface area (Å²) in [7, 11) is -4.57. The van der Waals surface area contributed by atoms with Crippen LogP contribution in [0.4, 0.5) is 15.1 Å². The lowest BCUT2D eigenvalue weighted by molar-refractivity contribution is 0.00674. The predicted octanol–water partition coefficient (Wildman–Crippen LogP) is 4.53. The van der Waals surface area contributed by atoms with Crippen LogP contribution in [0.2, 0.25) is 0 Å². The third-order valence-corrected chi connectivity index (χ3v) is 9.17. The molecule has 2 aliphatic rings. The highest BCUT2D eigenvalue weighted by Crippen LogP contribution is 2.51. The van der Waals surface area contributed by atoms with E-state index in [2.05, 4.69) is 41.5 Å². The first-order valence-electron chi connectivity index (χ1n) is 15.7. The number of morpholine rings is 1. The molecule has 5 rings (SSSR count). The number of phosphoric ester groups is 1. The number of ether oxygens (including phenoxy) is 2. The standard InChI is InChI=1S/C30H40FN8O7P/c1-3-33-29(40)38-28-36-22-17-21(25(31)24(26(22)37-28)23-7-6-13-44-23)20-18-34-27(35-19-20)30(2,8-4-5-9-32)46-47(41,42)45-16-12-39-10-14-43-15-11-39/h17-19,23H,3-8,10-16H2,1-2H3,(H,41,42)(H3,33,36,37,38,40)/t23-,30?/m1/s1. The first-order valence-corrected chi connectivity index (χ1v) is 17.2. The van der Waals surface area contributed by atoms with Crippen LogP contribution in [0.25, 0.3) is 22.2 Å². The Morgan fingerprint density at radius 3 is 2.77 bits per heavy atom. The number of hydrogen-bond acceptors (Lipinski definition) is 11. The van der Waals surface area contributed by atoms with E-state index in [0.717, 1.165) is 6.42 Å². The second kappa shape index (κ2) is 15.6. The molecule has 47 heavy (non-hydrogen) atoms. The summed E-state index contributed by atoms with van der Waals surface area (Å²) >= 11 is 0. The van der Waals surface area contributed by atoms with Crippen molar-refractivity contribution < 1.29 is 37.2 Å². The van der Waals surface area contributed by atoms with Crippen molar-refractivity contribution in [3.63, 3.8) is 0 Å². The summed E-state index contributed by atoms with van der Waals surface area (Å²) in [5.41, 5.74) is 0.0886. The average Bonchev–Trinajstić information content (AvgIpc) is 3.71. The van der Waals surface area contributed by atoms with Crippen molar-refractivity contribution in [3.05, 3.63) is 35.7 Å². The minimum atomic E-state index is -4.57. The molecule has 1 aromatic carbocycles. The van der Waals surface area contributed by atoms with E-state index in [1.54, 1.807) is 19.9 Å². The van der Waals surface area contributed by atoms with Crippen molar-refractivity contribution in [1.29, 1.82) is 5.26 Å². The highest BCUT2D eigenvalue weighted by Gasteiger charge is 2.39. The number of imidazole rings is 1. The van der Waals surface area contributed by atoms with Crippen molar-refractivity contribution in [2.24, 2.45) is 0 Å². The smallest absolute Gasteiger partial charge is 0.379 e. The van der Waals surface area contributed by atoms with Crippen LogP contribution in [-0.4, -0.2) is 88.4 Å². The molecule has 0 saturated carbocycles. The summed E-state index contributed by atoms with van der Waals surface area (Å²) in [6, 6.07) is 3.17. The Balaban J connectivity index is 1.41. The lowest BCUT2D eigenvalue weighted by atomic mass is 9.96. The van der Waals surface area contributed by atoms with E-state index >= 15 is 4.39 Å². The third-order valence-electron chi connectivity index (χ3n) is 8.03. The van der Waals surface area contributed by atoms with Gasteiger partial charge in [-0.2, -0.15) is 5.26 Å². The Morgan fingerprint density at radius 2 is 2.09 bits per heavy atom. The molecule has 17 heteroatoms. The summed E-state index contributed by atoms with van der Waals surface area (Å²) in [6.07, 6.45) is 4.32. The number of phosphoric acid groups is 1. The van der Waals surface area contributed by atoms with Crippen molar-refractivity contribution in [2.75, 3.05) is 57.9 Å². The number of carbonyl (C=O) groups is 1. The largest absolute Gasteiger partial charge is 0.473 e. The van der Waals surface area contributed by atoms with Crippen molar-refractivity contribution in [1.82, 2.24) is 30.2 Å². The molecule has 4 N–H and O–H groups in total. The zero-order chi connectivity index (χ0) is 33.4. The molecular formula is C30H40FN8O7P. The van der Waals surface area contributed by atoms with Gasteiger partial charge in [-0.05, 0) is 45.6 Å². The molecule has 2 aliphatic heterocycles. The van der Waals surface area contributed by atoms with Gasteiger partial charge in [0.15, 0.2) is 5.82 Å². The van der Waals surface area contributed by atoms with Crippen LogP contribution in [0.5, 0.6) is 0 Å². The molecule has 2 aromatic heterocycles. The van der Waals surface area contributed by atoms with E-state index in [1.165, 1.54) is 12.4 Å². The SMILES string of the molecule is CCNC(=O)Nc1nc2c([C@H]3CCCO3)c(F)c(-c3cnc(C(C)(CCCC#N)OP(=O)(O)OCCN4CCOCC4)nc3)cc2[nH]1. The first kappa shape index (κ1) is 34.8. The van der Waals surface area contributed by atoms with Crippen LogP contribution in [0.3, 0.4) is 0 Å². The maximum Gasteiger partial charge on any atom is 0.473 e. The summed E-state index contributed by atoms with van der Waals surface area (Å²) in [5.74, 6) is -0.335. The summed E-state index contributed by atoms with van der Waals surface area (Å²) in [5, 5.41) is 14.4. The van der Waals surface area contributed by atoms with E-state index in [0.29, 0.717) is 75.4 Å². The van der Waals surface area contributed by atoms with Gasteiger partial charge in [0.1, 0.15) is 11.4 Å². The van der Waals surface area contributed by atoms with E-state index in [1.807, 2.05) is 0 Å². The van der Waals surface area contributed by atoms with Gasteiger partial charge in [0.05, 0.1) is 43.0 Å². The number of carbonyl (C=O) groups excluding carboxylic acids is 1. The number of aromatic nitrogens is 4. The highest BCUT2D eigenvalue weighted by molar-refractivity contribution is 7.47. The summed E-state index contributed by atoms with van der Waals surface area (Å²) in [6.45, 7) is 7.21. The summed E-state index contributed by atoms with van der Waals surface area (Å²) in [4.78, 5) is 41.2. The number of halogens is 1. The Labute approximate surface area is 271 Å².